The molecule has 0 spiro atoms. The van der Waals surface area contributed by atoms with Crippen molar-refractivity contribution in [3.05, 3.63) is 27.7 Å². The molecule has 1 aromatic rings. The van der Waals surface area contributed by atoms with Crippen LogP contribution in [0.25, 0.3) is 0 Å². The van der Waals surface area contributed by atoms with E-state index in [0.717, 1.165) is 0 Å². The Labute approximate surface area is 116 Å². The highest BCUT2D eigenvalue weighted by atomic mass is 35.5. The van der Waals surface area contributed by atoms with Crippen molar-refractivity contribution in [2.45, 2.75) is 24.1 Å². The van der Waals surface area contributed by atoms with E-state index in [1.807, 2.05) is 6.92 Å². The van der Waals surface area contributed by atoms with Crippen LogP contribution in [-0.2, 0) is 15.9 Å². The molecule has 0 saturated heterocycles. The third-order valence-electron chi connectivity index (χ3n) is 2.05. The SMILES string of the molecule is CCCNS(=O)(=O)c1cc(Cl)cc(CCl)c1Cl. The summed E-state index contributed by atoms with van der Waals surface area (Å²) in [5.41, 5.74) is 0.498. The number of halogens is 3. The summed E-state index contributed by atoms with van der Waals surface area (Å²) in [5, 5.41) is 0.412. The molecule has 0 aliphatic carbocycles. The van der Waals surface area contributed by atoms with Gasteiger partial charge in [-0.05, 0) is 24.1 Å². The quantitative estimate of drug-likeness (QED) is 0.846. The average Bonchev–Trinajstić information content (AvgIpc) is 2.29. The minimum atomic E-state index is -3.63. The summed E-state index contributed by atoms with van der Waals surface area (Å²) in [6.45, 7) is 2.22. The molecule has 3 nitrogen and oxygen atoms in total. The minimum Gasteiger partial charge on any atom is -0.211 e. The highest BCUT2D eigenvalue weighted by Gasteiger charge is 2.20. The van der Waals surface area contributed by atoms with Crippen LogP contribution in [0.4, 0.5) is 0 Å². The number of sulfonamides is 1. The van der Waals surface area contributed by atoms with Gasteiger partial charge in [-0.2, -0.15) is 0 Å². The summed E-state index contributed by atoms with van der Waals surface area (Å²) in [6.07, 6.45) is 0.694. The Morgan fingerprint density at radius 3 is 2.47 bits per heavy atom. The minimum absolute atomic E-state index is 0.0317. The monoisotopic (exact) mass is 315 g/mol. The van der Waals surface area contributed by atoms with Gasteiger partial charge in [-0.3, -0.25) is 0 Å². The maximum atomic E-state index is 11.9. The molecule has 1 aromatic carbocycles. The predicted octanol–water partition coefficient (Wildman–Crippen LogP) is 3.42. The van der Waals surface area contributed by atoms with Crippen LogP contribution in [0.3, 0.4) is 0 Å². The zero-order valence-electron chi connectivity index (χ0n) is 9.13. The van der Waals surface area contributed by atoms with Crippen molar-refractivity contribution in [1.82, 2.24) is 4.72 Å². The summed E-state index contributed by atoms with van der Waals surface area (Å²) in [7, 11) is -3.63. The van der Waals surface area contributed by atoms with Crippen molar-refractivity contribution in [2.75, 3.05) is 6.54 Å². The standard InChI is InChI=1S/C10H12Cl3NO2S/c1-2-3-14-17(15,16)9-5-8(12)4-7(6-11)10(9)13/h4-5,14H,2-3,6H2,1H3. The highest BCUT2D eigenvalue weighted by Crippen LogP contribution is 2.30. The van der Waals surface area contributed by atoms with Crippen molar-refractivity contribution in [1.29, 1.82) is 0 Å². The topological polar surface area (TPSA) is 46.2 Å². The summed E-state index contributed by atoms with van der Waals surface area (Å²) in [5.74, 6) is 0.107. The van der Waals surface area contributed by atoms with Crippen LogP contribution in [-0.4, -0.2) is 15.0 Å². The number of nitrogens with one attached hydrogen (secondary N) is 1. The lowest BCUT2D eigenvalue weighted by Crippen LogP contribution is -2.24. The van der Waals surface area contributed by atoms with E-state index in [4.69, 9.17) is 34.8 Å². The highest BCUT2D eigenvalue weighted by molar-refractivity contribution is 7.89. The van der Waals surface area contributed by atoms with E-state index in [2.05, 4.69) is 4.72 Å². The van der Waals surface area contributed by atoms with Crippen LogP contribution in [0.5, 0.6) is 0 Å². The first kappa shape index (κ1) is 15.1. The number of hydrogen-bond donors (Lipinski definition) is 1. The van der Waals surface area contributed by atoms with Crippen LogP contribution in [0, 0.1) is 0 Å². The van der Waals surface area contributed by atoms with Crippen LogP contribution in [0.1, 0.15) is 18.9 Å². The second-order valence-electron chi connectivity index (χ2n) is 3.41. The molecule has 0 heterocycles. The first-order valence-corrected chi connectivity index (χ1v) is 7.73. The summed E-state index contributed by atoms with van der Waals surface area (Å²) >= 11 is 17.5. The third-order valence-corrected chi connectivity index (χ3v) is 4.60. The Hall–Kier alpha value is -0.000000000000000111. The first-order chi connectivity index (χ1) is 7.92. The number of benzene rings is 1. The molecule has 96 valence electrons. The molecule has 0 aliphatic heterocycles. The second kappa shape index (κ2) is 6.25. The van der Waals surface area contributed by atoms with Crippen molar-refractivity contribution >= 4 is 44.8 Å². The lowest BCUT2D eigenvalue weighted by molar-refractivity contribution is 0.581. The van der Waals surface area contributed by atoms with Crippen molar-refractivity contribution in [3.8, 4) is 0 Å². The van der Waals surface area contributed by atoms with Crippen molar-refractivity contribution < 1.29 is 8.42 Å². The van der Waals surface area contributed by atoms with Gasteiger partial charge in [-0.15, -0.1) is 11.6 Å². The van der Waals surface area contributed by atoms with Crippen molar-refractivity contribution in [2.24, 2.45) is 0 Å². The molecule has 0 amide bonds. The summed E-state index contributed by atoms with van der Waals surface area (Å²) in [4.78, 5) is -0.0317. The Bertz CT molecular complexity index is 503. The molecule has 17 heavy (non-hydrogen) atoms. The van der Waals surface area contributed by atoms with E-state index in [1.54, 1.807) is 6.07 Å². The van der Waals surface area contributed by atoms with E-state index in [1.165, 1.54) is 6.07 Å². The normalized spacial score (nSPS) is 11.8. The Morgan fingerprint density at radius 1 is 1.29 bits per heavy atom. The van der Waals surface area contributed by atoms with E-state index >= 15 is 0 Å². The summed E-state index contributed by atoms with van der Waals surface area (Å²) in [6, 6.07) is 2.87. The van der Waals surface area contributed by atoms with E-state index in [9.17, 15) is 8.42 Å². The molecular formula is C10H12Cl3NO2S. The van der Waals surface area contributed by atoms with E-state index < -0.39 is 10.0 Å². The van der Waals surface area contributed by atoms with Crippen LogP contribution < -0.4 is 4.72 Å². The molecule has 0 unspecified atom stereocenters. The fraction of sp³-hybridized carbons (Fsp3) is 0.400. The average molecular weight is 317 g/mol. The van der Waals surface area contributed by atoms with Gasteiger partial charge in [0.05, 0.1) is 5.02 Å². The maximum absolute atomic E-state index is 11.9. The molecule has 0 saturated carbocycles. The molecule has 0 aromatic heterocycles. The van der Waals surface area contributed by atoms with E-state index in [0.29, 0.717) is 23.6 Å². The molecule has 1 rings (SSSR count). The fourth-order valence-corrected chi connectivity index (χ4v) is 3.57. The summed E-state index contributed by atoms with van der Waals surface area (Å²) < 4.78 is 26.3. The largest absolute Gasteiger partial charge is 0.242 e. The molecule has 0 bridgehead atoms. The number of hydrogen-bond acceptors (Lipinski definition) is 2. The van der Waals surface area contributed by atoms with Gasteiger partial charge in [0.15, 0.2) is 0 Å². The third kappa shape index (κ3) is 3.73. The molecule has 7 heteroatoms. The van der Waals surface area contributed by atoms with Gasteiger partial charge in [0.1, 0.15) is 4.90 Å². The first-order valence-electron chi connectivity index (χ1n) is 4.96. The van der Waals surface area contributed by atoms with Crippen LogP contribution in [0.2, 0.25) is 10.0 Å². The molecule has 1 N–H and O–H groups in total. The maximum Gasteiger partial charge on any atom is 0.242 e. The Kier molecular flexibility index (Phi) is 5.54. The van der Waals surface area contributed by atoms with Gasteiger partial charge in [0.25, 0.3) is 0 Å². The fourth-order valence-electron chi connectivity index (χ4n) is 1.23. The van der Waals surface area contributed by atoms with Crippen LogP contribution in [0.15, 0.2) is 17.0 Å². The van der Waals surface area contributed by atoms with Gasteiger partial charge in [-0.25, -0.2) is 13.1 Å². The zero-order chi connectivity index (χ0) is 13.1. The van der Waals surface area contributed by atoms with Gasteiger partial charge in [0.2, 0.25) is 10.0 Å². The molecule has 0 atom stereocenters. The van der Waals surface area contributed by atoms with Gasteiger partial charge >= 0.3 is 0 Å². The van der Waals surface area contributed by atoms with Gasteiger partial charge < -0.3 is 0 Å². The van der Waals surface area contributed by atoms with Gasteiger partial charge in [-0.1, -0.05) is 30.1 Å². The zero-order valence-corrected chi connectivity index (χ0v) is 12.2. The number of rotatable bonds is 5. The molecule has 0 fully saturated rings. The Balaban J connectivity index is 3.26. The smallest absolute Gasteiger partial charge is 0.211 e. The molecular weight excluding hydrogens is 305 g/mol. The molecule has 0 radical (unpaired) electrons. The van der Waals surface area contributed by atoms with E-state index in [-0.39, 0.29) is 15.8 Å². The van der Waals surface area contributed by atoms with Gasteiger partial charge in [0, 0.05) is 17.4 Å². The lowest BCUT2D eigenvalue weighted by Gasteiger charge is -2.10. The van der Waals surface area contributed by atoms with Crippen LogP contribution >= 0.6 is 34.8 Å². The number of alkyl halides is 1. The van der Waals surface area contributed by atoms with Crippen molar-refractivity contribution in [3.63, 3.8) is 0 Å². The second-order valence-corrected chi connectivity index (χ2v) is 6.23. The lowest BCUT2D eigenvalue weighted by atomic mass is 10.2. The predicted molar refractivity (Wildman–Crippen MR) is 71.5 cm³/mol. The molecule has 0 aliphatic rings. The Morgan fingerprint density at radius 2 is 1.94 bits per heavy atom.